The van der Waals surface area contributed by atoms with E-state index in [1.807, 2.05) is 70.5 Å². The summed E-state index contributed by atoms with van der Waals surface area (Å²) < 4.78 is 17.3. The van der Waals surface area contributed by atoms with Gasteiger partial charge in [-0.2, -0.15) is 0 Å². The molecule has 0 bridgehead atoms. The van der Waals surface area contributed by atoms with Crippen LogP contribution < -0.4 is 9.80 Å². The molecule has 3 fully saturated rings. The first-order chi connectivity index (χ1) is 28.8. The number of phenolic OH excluding ortho intramolecular Hbond substituents is 1. The van der Waals surface area contributed by atoms with Gasteiger partial charge in [0.25, 0.3) is 0 Å². The van der Waals surface area contributed by atoms with Crippen LogP contribution in [0.3, 0.4) is 0 Å². The fraction of sp³-hybridized carbons (Fsp3) is 0.289. The molecule has 1 spiro atoms. The zero-order valence-electron chi connectivity index (χ0n) is 32.2. The Morgan fingerprint density at radius 3 is 2.08 bits per heavy atom. The molecular formula is C45H42N6O8. The Labute approximate surface area is 340 Å². The third-order valence-corrected chi connectivity index (χ3v) is 12.0. The van der Waals surface area contributed by atoms with Gasteiger partial charge < -0.3 is 29.1 Å². The number of nitrogens with zero attached hydrogens (tertiary/aromatic N) is 6. The molecule has 0 aliphatic carbocycles. The van der Waals surface area contributed by atoms with Gasteiger partial charge in [0.1, 0.15) is 29.9 Å². The van der Waals surface area contributed by atoms with Gasteiger partial charge in [0.05, 0.1) is 30.3 Å². The highest BCUT2D eigenvalue weighted by Crippen LogP contribution is 2.66. The number of cyclic esters (lactones) is 1. The lowest BCUT2D eigenvalue weighted by atomic mass is 9.65. The molecule has 14 nitrogen and oxygen atoms in total. The average Bonchev–Trinajstić information content (AvgIpc) is 3.74. The van der Waals surface area contributed by atoms with E-state index in [0.29, 0.717) is 30.2 Å². The van der Waals surface area contributed by atoms with E-state index in [0.717, 1.165) is 16.0 Å². The van der Waals surface area contributed by atoms with E-state index in [4.69, 9.17) is 14.2 Å². The molecule has 3 amide bonds. The van der Waals surface area contributed by atoms with Crippen LogP contribution in [0.25, 0.3) is 0 Å². The second-order valence-electron chi connectivity index (χ2n) is 15.0. The van der Waals surface area contributed by atoms with Gasteiger partial charge in [0, 0.05) is 45.7 Å². The summed E-state index contributed by atoms with van der Waals surface area (Å²) in [6.07, 6.45) is 1.54. The molecule has 300 valence electrons. The number of imide groups is 1. The highest BCUT2D eigenvalue weighted by Gasteiger charge is 2.76. The average molecular weight is 795 g/mol. The third-order valence-electron chi connectivity index (χ3n) is 12.0. The maximum Gasteiger partial charge on any atom is 0.421 e. The molecule has 3 saturated heterocycles. The molecule has 4 aromatic carbocycles. The molecule has 1 N–H and O–H groups in total. The van der Waals surface area contributed by atoms with Crippen LogP contribution in [0.15, 0.2) is 128 Å². The highest BCUT2D eigenvalue weighted by atomic mass is 16.6. The summed E-state index contributed by atoms with van der Waals surface area (Å²) in [4.78, 5) is 76.4. The number of hydrogen-bond donors (Lipinski definition) is 1. The quantitative estimate of drug-likeness (QED) is 0.167. The fourth-order valence-electron chi connectivity index (χ4n) is 9.53. The first-order valence-corrected chi connectivity index (χ1v) is 19.6. The second-order valence-corrected chi connectivity index (χ2v) is 15.0. The lowest BCUT2D eigenvalue weighted by Crippen LogP contribution is -2.59. The number of benzene rings is 4. The summed E-state index contributed by atoms with van der Waals surface area (Å²) >= 11 is 0. The van der Waals surface area contributed by atoms with Crippen LogP contribution >= 0.6 is 0 Å². The van der Waals surface area contributed by atoms with Gasteiger partial charge >= 0.3 is 12.1 Å². The summed E-state index contributed by atoms with van der Waals surface area (Å²) in [5.41, 5.74) is 0.823. The summed E-state index contributed by atoms with van der Waals surface area (Å²) in [5.74, 6) is -2.68. The number of esters is 1. The maximum atomic E-state index is 16.0. The Morgan fingerprint density at radius 2 is 1.41 bits per heavy atom. The lowest BCUT2D eigenvalue weighted by Gasteiger charge is -2.46. The van der Waals surface area contributed by atoms with Crippen molar-refractivity contribution in [2.24, 2.45) is 5.92 Å². The van der Waals surface area contributed by atoms with Crippen molar-refractivity contribution in [1.82, 2.24) is 19.8 Å². The number of morpholine rings is 1. The van der Waals surface area contributed by atoms with Crippen LogP contribution in [-0.2, 0) is 34.0 Å². The van der Waals surface area contributed by atoms with E-state index in [9.17, 15) is 9.90 Å². The third kappa shape index (κ3) is 6.26. The molecule has 1 aromatic heterocycles. The molecule has 6 atom stereocenters. The number of fused-ring (bicyclic) bond motifs is 3. The maximum absolute atomic E-state index is 16.0. The number of aromatic hydroxyl groups is 1. The number of hydrogen-bond acceptors (Lipinski definition) is 12. The zero-order chi connectivity index (χ0) is 40.7. The summed E-state index contributed by atoms with van der Waals surface area (Å²) in [6, 6.07) is 31.0. The number of amides is 3. The molecule has 9 rings (SSSR count). The molecule has 0 saturated carbocycles. The van der Waals surface area contributed by atoms with Crippen molar-refractivity contribution < 1.29 is 38.5 Å². The molecule has 14 heteroatoms. The number of ether oxygens (including phenoxy) is 3. The van der Waals surface area contributed by atoms with E-state index < -0.39 is 59.4 Å². The standard InChI is InChI=1S/C45H42N6O8/c1-57-27-28-58-44(56)50-34-16-9-8-15-33(34)45(42(50)55)35(40(53)48-23-25-49(26-24-48)43-46-21-10-22-47-43)37-41(54)59-38(30-13-6-3-7-14-30)36(29-11-4-2-5-12-29)51(37)39(45)31-17-19-32(52)20-18-31/h2-22,35-39,52H,23-28H2,1H3. The topological polar surface area (TPSA) is 155 Å². The van der Waals surface area contributed by atoms with Crippen LogP contribution in [-0.4, -0.2) is 101 Å². The summed E-state index contributed by atoms with van der Waals surface area (Å²) in [6.45, 7) is 1.29. The number of carbonyl (C=O) groups excluding carboxylic acids is 4. The van der Waals surface area contributed by atoms with E-state index in [2.05, 4.69) is 9.97 Å². The Hall–Kier alpha value is -6.64. The highest BCUT2D eigenvalue weighted by molar-refractivity contribution is 6.23. The normalized spacial score (nSPS) is 25.1. The van der Waals surface area contributed by atoms with E-state index in [-0.39, 0.29) is 37.7 Å². The van der Waals surface area contributed by atoms with Crippen molar-refractivity contribution in [3.8, 4) is 5.75 Å². The predicted molar refractivity (Wildman–Crippen MR) is 214 cm³/mol. The molecule has 59 heavy (non-hydrogen) atoms. The van der Waals surface area contributed by atoms with Crippen LogP contribution in [0.1, 0.15) is 40.4 Å². The number of aromatic nitrogens is 2. The number of methoxy groups -OCH3 is 1. The van der Waals surface area contributed by atoms with Gasteiger partial charge in [-0.3, -0.25) is 19.3 Å². The molecule has 4 aliphatic rings. The number of phenols is 1. The van der Waals surface area contributed by atoms with Gasteiger partial charge in [0.2, 0.25) is 17.8 Å². The van der Waals surface area contributed by atoms with Crippen molar-refractivity contribution in [1.29, 1.82) is 0 Å². The van der Waals surface area contributed by atoms with Crippen molar-refractivity contribution >= 4 is 35.5 Å². The molecule has 5 aromatic rings. The zero-order valence-corrected chi connectivity index (χ0v) is 32.2. The van der Waals surface area contributed by atoms with Crippen molar-refractivity contribution in [2.45, 2.75) is 29.6 Å². The first kappa shape index (κ1) is 37.9. The van der Waals surface area contributed by atoms with Crippen molar-refractivity contribution in [3.63, 3.8) is 0 Å². The van der Waals surface area contributed by atoms with Crippen molar-refractivity contribution in [2.75, 3.05) is 56.3 Å². The number of rotatable bonds is 8. The van der Waals surface area contributed by atoms with Crippen LogP contribution in [0.2, 0.25) is 0 Å². The van der Waals surface area contributed by atoms with Gasteiger partial charge in [-0.1, -0.05) is 91.0 Å². The van der Waals surface area contributed by atoms with Gasteiger partial charge in [-0.15, -0.1) is 0 Å². The SMILES string of the molecule is COCCOC(=O)N1C(=O)C2(c3ccccc31)C(C(=O)N1CCN(c3ncccn3)CC1)C1C(=O)OC(c3ccccc3)C(c3ccccc3)N1C2c1ccc(O)cc1. The Bertz CT molecular complexity index is 2350. The van der Waals surface area contributed by atoms with E-state index in [1.54, 1.807) is 59.8 Å². The molecular weight excluding hydrogens is 753 g/mol. The largest absolute Gasteiger partial charge is 0.508 e. The molecule has 5 heterocycles. The Morgan fingerprint density at radius 1 is 0.763 bits per heavy atom. The predicted octanol–water partition coefficient (Wildman–Crippen LogP) is 4.98. The number of anilines is 2. The minimum absolute atomic E-state index is 0.00781. The van der Waals surface area contributed by atoms with Gasteiger partial charge in [0.15, 0.2) is 0 Å². The smallest absolute Gasteiger partial charge is 0.421 e. The monoisotopic (exact) mass is 794 g/mol. The molecule has 4 aliphatic heterocycles. The van der Waals surface area contributed by atoms with Gasteiger partial charge in [-0.25, -0.2) is 19.7 Å². The lowest BCUT2D eigenvalue weighted by molar-refractivity contribution is -0.179. The van der Waals surface area contributed by atoms with E-state index >= 15 is 14.4 Å². The Kier molecular flexibility index (Phi) is 10.0. The van der Waals surface area contributed by atoms with Crippen LogP contribution in [0.5, 0.6) is 5.75 Å². The van der Waals surface area contributed by atoms with Gasteiger partial charge in [-0.05, 0) is 46.5 Å². The number of para-hydroxylation sites is 1. The first-order valence-electron chi connectivity index (χ1n) is 19.6. The summed E-state index contributed by atoms with van der Waals surface area (Å²) in [5, 5.41) is 10.6. The van der Waals surface area contributed by atoms with Crippen LogP contribution in [0.4, 0.5) is 16.4 Å². The second kappa shape index (κ2) is 15.6. The summed E-state index contributed by atoms with van der Waals surface area (Å²) in [7, 11) is 1.48. The minimum Gasteiger partial charge on any atom is -0.508 e. The number of piperazine rings is 1. The molecule has 0 radical (unpaired) electrons. The fourth-order valence-corrected chi connectivity index (χ4v) is 9.53. The number of carbonyl (C=O) groups is 4. The van der Waals surface area contributed by atoms with Crippen LogP contribution in [0, 0.1) is 5.92 Å². The molecule has 6 unspecified atom stereocenters. The van der Waals surface area contributed by atoms with Crippen molar-refractivity contribution in [3.05, 3.63) is 150 Å². The van der Waals surface area contributed by atoms with E-state index in [1.165, 1.54) is 19.2 Å². The Balaban J connectivity index is 1.27. The minimum atomic E-state index is -1.88.